The van der Waals surface area contributed by atoms with Gasteiger partial charge in [0, 0.05) is 12.4 Å². The van der Waals surface area contributed by atoms with Crippen LogP contribution in [0.4, 0.5) is 5.82 Å². The molecule has 2 aromatic rings. The van der Waals surface area contributed by atoms with Crippen molar-refractivity contribution < 1.29 is 13.2 Å². The zero-order valence-corrected chi connectivity index (χ0v) is 12.4. The van der Waals surface area contributed by atoms with Gasteiger partial charge in [0.2, 0.25) is 0 Å². The molecule has 114 valence electrons. The Morgan fingerprint density at radius 2 is 1.95 bits per heavy atom. The summed E-state index contributed by atoms with van der Waals surface area (Å²) < 4.78 is 24.1. The summed E-state index contributed by atoms with van der Waals surface area (Å²) >= 11 is 0. The van der Waals surface area contributed by atoms with E-state index in [1.807, 2.05) is 0 Å². The number of hydrogen-bond donors (Lipinski definition) is 2. The molecule has 1 aliphatic rings. The van der Waals surface area contributed by atoms with Crippen LogP contribution in [0, 0.1) is 0 Å². The maximum atomic E-state index is 12.3. The van der Waals surface area contributed by atoms with Crippen molar-refractivity contribution in [3.05, 3.63) is 47.9 Å². The van der Waals surface area contributed by atoms with Crippen LogP contribution in [0.3, 0.4) is 0 Å². The molecule has 3 N–H and O–H groups in total. The van der Waals surface area contributed by atoms with Crippen LogP contribution in [0.5, 0.6) is 0 Å². The molecule has 1 aromatic heterocycles. The van der Waals surface area contributed by atoms with Gasteiger partial charge in [0.05, 0.1) is 16.7 Å². The van der Waals surface area contributed by atoms with Crippen molar-refractivity contribution in [1.82, 2.24) is 15.3 Å². The fraction of sp³-hybridized carbons (Fsp3) is 0.214. The summed E-state index contributed by atoms with van der Waals surface area (Å²) in [5, 5.41) is 2.78. The first kappa shape index (κ1) is 14.5. The van der Waals surface area contributed by atoms with E-state index in [2.05, 4.69) is 15.3 Å². The Morgan fingerprint density at radius 1 is 1.23 bits per heavy atom. The van der Waals surface area contributed by atoms with Gasteiger partial charge in [0.1, 0.15) is 0 Å². The number of benzene rings is 1. The molecule has 0 bridgehead atoms. The van der Waals surface area contributed by atoms with Gasteiger partial charge in [0.15, 0.2) is 21.3 Å². The minimum Gasteiger partial charge on any atom is -0.382 e. The van der Waals surface area contributed by atoms with Crippen molar-refractivity contribution >= 4 is 21.6 Å². The van der Waals surface area contributed by atoms with E-state index in [-0.39, 0.29) is 22.2 Å². The highest BCUT2D eigenvalue weighted by Gasteiger charge is 2.31. The number of anilines is 1. The fourth-order valence-electron chi connectivity index (χ4n) is 2.49. The number of nitrogen functional groups attached to an aromatic ring is 1. The molecule has 0 radical (unpaired) electrons. The molecule has 0 unspecified atom stereocenters. The zero-order chi connectivity index (χ0) is 15.7. The number of hydrogen-bond acceptors (Lipinski definition) is 6. The molecule has 0 saturated carbocycles. The van der Waals surface area contributed by atoms with Crippen molar-refractivity contribution in [2.75, 3.05) is 11.5 Å². The van der Waals surface area contributed by atoms with Crippen molar-refractivity contribution in [2.45, 2.75) is 17.4 Å². The highest BCUT2D eigenvalue weighted by molar-refractivity contribution is 7.91. The Hall–Kier alpha value is -2.48. The molecule has 0 aliphatic carbocycles. The van der Waals surface area contributed by atoms with Gasteiger partial charge >= 0.3 is 0 Å². The third kappa shape index (κ3) is 2.52. The minimum absolute atomic E-state index is 0.00902. The van der Waals surface area contributed by atoms with Crippen molar-refractivity contribution in [3.63, 3.8) is 0 Å². The van der Waals surface area contributed by atoms with E-state index < -0.39 is 21.8 Å². The second kappa shape index (κ2) is 5.38. The summed E-state index contributed by atoms with van der Waals surface area (Å²) in [6.07, 6.45) is 3.09. The molecular formula is C14H14N4O3S. The standard InChI is InChI=1S/C14H14N4O3S/c15-13-12(16-6-7-17-13)14(19)18-10-5-8-22(20,21)11-4-2-1-3-9(10)11/h1-4,6-7,10H,5,8H2,(H2,15,17)(H,18,19)/t10-/m0/s1. The van der Waals surface area contributed by atoms with Gasteiger partial charge in [0.25, 0.3) is 5.91 Å². The first-order valence-corrected chi connectivity index (χ1v) is 8.33. The average Bonchev–Trinajstić information content (AvgIpc) is 2.51. The lowest BCUT2D eigenvalue weighted by atomic mass is 10.0. The molecular weight excluding hydrogens is 304 g/mol. The van der Waals surface area contributed by atoms with E-state index in [0.717, 1.165) is 0 Å². The number of carbonyl (C=O) groups excluding carboxylic acids is 1. The van der Waals surface area contributed by atoms with Crippen molar-refractivity contribution in [2.24, 2.45) is 0 Å². The Labute approximate surface area is 127 Å². The number of aromatic nitrogens is 2. The SMILES string of the molecule is Nc1nccnc1C(=O)N[C@H]1CCS(=O)(=O)c2ccccc21. The Kier molecular flexibility index (Phi) is 3.53. The number of rotatable bonds is 2. The average molecular weight is 318 g/mol. The first-order chi connectivity index (χ1) is 10.5. The van der Waals surface area contributed by atoms with Gasteiger partial charge in [-0.3, -0.25) is 4.79 Å². The van der Waals surface area contributed by atoms with Gasteiger partial charge in [-0.2, -0.15) is 0 Å². The summed E-state index contributed by atoms with van der Waals surface area (Å²) in [5.41, 5.74) is 6.26. The normalized spacial score (nSPS) is 19.2. The zero-order valence-electron chi connectivity index (χ0n) is 11.6. The Balaban J connectivity index is 1.91. The Morgan fingerprint density at radius 3 is 2.73 bits per heavy atom. The quantitative estimate of drug-likeness (QED) is 0.842. The second-order valence-electron chi connectivity index (χ2n) is 4.96. The van der Waals surface area contributed by atoms with Crippen LogP contribution in [0.1, 0.15) is 28.5 Å². The third-order valence-electron chi connectivity index (χ3n) is 3.55. The van der Waals surface area contributed by atoms with Gasteiger partial charge in [-0.25, -0.2) is 18.4 Å². The van der Waals surface area contributed by atoms with Gasteiger partial charge in [-0.1, -0.05) is 18.2 Å². The first-order valence-electron chi connectivity index (χ1n) is 6.68. The van der Waals surface area contributed by atoms with E-state index in [0.29, 0.717) is 12.0 Å². The van der Waals surface area contributed by atoms with Crippen LogP contribution in [0.15, 0.2) is 41.6 Å². The molecule has 1 amide bonds. The second-order valence-corrected chi connectivity index (χ2v) is 7.04. The summed E-state index contributed by atoms with van der Waals surface area (Å²) in [6, 6.07) is 6.28. The lowest BCUT2D eigenvalue weighted by molar-refractivity contribution is 0.0930. The highest BCUT2D eigenvalue weighted by Crippen LogP contribution is 2.32. The summed E-state index contributed by atoms with van der Waals surface area (Å²) in [6.45, 7) is 0. The van der Waals surface area contributed by atoms with Crippen molar-refractivity contribution in [1.29, 1.82) is 0 Å². The summed E-state index contributed by atoms with van der Waals surface area (Å²) in [5.74, 6) is -0.438. The number of nitrogens with zero attached hydrogens (tertiary/aromatic N) is 2. The van der Waals surface area contributed by atoms with Crippen LogP contribution in [0.25, 0.3) is 0 Å². The molecule has 0 fully saturated rings. The maximum absolute atomic E-state index is 12.3. The number of carbonyl (C=O) groups is 1. The minimum atomic E-state index is -3.29. The fourth-order valence-corrected chi connectivity index (χ4v) is 4.11. The van der Waals surface area contributed by atoms with Gasteiger partial charge in [-0.15, -0.1) is 0 Å². The number of amides is 1. The molecule has 1 aromatic carbocycles. The molecule has 3 rings (SSSR count). The van der Waals surface area contributed by atoms with Gasteiger partial charge < -0.3 is 11.1 Å². The third-order valence-corrected chi connectivity index (χ3v) is 5.37. The predicted octanol–water partition coefficient (Wildman–Crippen LogP) is 0.707. The largest absolute Gasteiger partial charge is 0.382 e. The number of nitrogens with two attached hydrogens (primary N) is 1. The molecule has 0 spiro atoms. The predicted molar refractivity (Wildman–Crippen MR) is 79.8 cm³/mol. The van der Waals surface area contributed by atoms with E-state index >= 15 is 0 Å². The van der Waals surface area contributed by atoms with Crippen LogP contribution in [-0.2, 0) is 9.84 Å². The van der Waals surface area contributed by atoms with E-state index in [4.69, 9.17) is 5.73 Å². The molecule has 1 aliphatic heterocycles. The van der Waals surface area contributed by atoms with Crippen LogP contribution >= 0.6 is 0 Å². The molecule has 7 nitrogen and oxygen atoms in total. The molecule has 0 saturated heterocycles. The van der Waals surface area contributed by atoms with Crippen LogP contribution in [-0.4, -0.2) is 30.0 Å². The van der Waals surface area contributed by atoms with Crippen molar-refractivity contribution in [3.8, 4) is 0 Å². The number of nitrogens with one attached hydrogen (secondary N) is 1. The van der Waals surface area contributed by atoms with Crippen LogP contribution < -0.4 is 11.1 Å². The van der Waals surface area contributed by atoms with Crippen LogP contribution in [0.2, 0.25) is 0 Å². The molecule has 8 heteroatoms. The Bertz CT molecular complexity index is 835. The number of fused-ring (bicyclic) bond motifs is 1. The van der Waals surface area contributed by atoms with Gasteiger partial charge in [-0.05, 0) is 18.1 Å². The highest BCUT2D eigenvalue weighted by atomic mass is 32.2. The van der Waals surface area contributed by atoms with E-state index in [1.165, 1.54) is 12.4 Å². The van der Waals surface area contributed by atoms with E-state index in [1.54, 1.807) is 24.3 Å². The smallest absolute Gasteiger partial charge is 0.274 e. The number of sulfone groups is 1. The van der Waals surface area contributed by atoms with E-state index in [9.17, 15) is 13.2 Å². The summed E-state index contributed by atoms with van der Waals surface area (Å²) in [7, 11) is -3.29. The molecule has 2 heterocycles. The summed E-state index contributed by atoms with van der Waals surface area (Å²) in [4.78, 5) is 20.3. The monoisotopic (exact) mass is 318 g/mol. The topological polar surface area (TPSA) is 115 Å². The maximum Gasteiger partial charge on any atom is 0.274 e. The lowest BCUT2D eigenvalue weighted by Gasteiger charge is -2.26. The molecule has 1 atom stereocenters. The lowest BCUT2D eigenvalue weighted by Crippen LogP contribution is -2.34. The molecule has 22 heavy (non-hydrogen) atoms.